The first-order valence-electron chi connectivity index (χ1n) is 11.2. The van der Waals surface area contributed by atoms with Crippen LogP contribution in [0.25, 0.3) is 0 Å². The third-order valence-corrected chi connectivity index (χ3v) is 8.15. The SMILES string of the molecule is CN=C(NC1C2CCOC2C12CCCC2)N1CCC(N2CCCCC2)C1. The van der Waals surface area contributed by atoms with Gasteiger partial charge in [-0.2, -0.15) is 0 Å². The van der Waals surface area contributed by atoms with Crippen LogP contribution in [0, 0.1) is 11.3 Å². The molecule has 0 aromatic carbocycles. The average molecular weight is 361 g/mol. The zero-order valence-corrected chi connectivity index (χ0v) is 16.5. The highest BCUT2D eigenvalue weighted by Crippen LogP contribution is 2.60. The second kappa shape index (κ2) is 6.97. The zero-order valence-electron chi connectivity index (χ0n) is 16.5. The van der Waals surface area contributed by atoms with Gasteiger partial charge in [-0.3, -0.25) is 9.89 Å². The van der Waals surface area contributed by atoms with Crippen molar-refractivity contribution in [3.63, 3.8) is 0 Å². The van der Waals surface area contributed by atoms with E-state index >= 15 is 0 Å². The monoisotopic (exact) mass is 360 g/mol. The van der Waals surface area contributed by atoms with Crippen LogP contribution in [-0.4, -0.2) is 73.8 Å². The van der Waals surface area contributed by atoms with Crippen molar-refractivity contribution < 1.29 is 4.74 Å². The van der Waals surface area contributed by atoms with Gasteiger partial charge >= 0.3 is 0 Å². The van der Waals surface area contributed by atoms with E-state index in [1.807, 2.05) is 7.05 Å². The number of nitrogens with one attached hydrogen (secondary N) is 1. The lowest BCUT2D eigenvalue weighted by molar-refractivity contribution is -0.125. The number of piperidine rings is 1. The first-order valence-corrected chi connectivity index (χ1v) is 11.2. The third kappa shape index (κ3) is 2.69. The van der Waals surface area contributed by atoms with Crippen molar-refractivity contribution in [2.75, 3.05) is 39.8 Å². The van der Waals surface area contributed by atoms with Gasteiger partial charge in [0.2, 0.25) is 0 Å². The van der Waals surface area contributed by atoms with E-state index in [-0.39, 0.29) is 0 Å². The largest absolute Gasteiger partial charge is 0.377 e. The Morgan fingerprint density at radius 3 is 2.62 bits per heavy atom. The molecule has 4 unspecified atom stereocenters. The standard InChI is InChI=1S/C21H36N4O/c1-22-20(25-13-7-16(15-25)24-11-5-2-6-12-24)23-18-17-8-14-26-19(17)21(18)9-3-4-10-21/h16-19H,2-15H2,1H3,(H,22,23). The number of hydrogen-bond acceptors (Lipinski definition) is 3. The Kier molecular flexibility index (Phi) is 4.64. The Morgan fingerprint density at radius 1 is 1.04 bits per heavy atom. The van der Waals surface area contributed by atoms with Crippen LogP contribution in [0.2, 0.25) is 0 Å². The van der Waals surface area contributed by atoms with Crippen molar-refractivity contribution in [1.82, 2.24) is 15.1 Å². The molecule has 26 heavy (non-hydrogen) atoms. The summed E-state index contributed by atoms with van der Waals surface area (Å²) >= 11 is 0. The number of rotatable bonds is 2. The molecule has 0 radical (unpaired) electrons. The molecule has 4 atom stereocenters. The molecule has 1 N–H and O–H groups in total. The maximum atomic E-state index is 6.16. The van der Waals surface area contributed by atoms with Gasteiger partial charge in [0.1, 0.15) is 0 Å². The molecule has 5 nitrogen and oxygen atoms in total. The number of hydrogen-bond donors (Lipinski definition) is 1. The lowest BCUT2D eigenvalue weighted by atomic mass is 9.54. The van der Waals surface area contributed by atoms with Crippen LogP contribution in [0.5, 0.6) is 0 Å². The summed E-state index contributed by atoms with van der Waals surface area (Å²) < 4.78 is 6.16. The number of nitrogens with zero attached hydrogens (tertiary/aromatic N) is 3. The quantitative estimate of drug-likeness (QED) is 0.607. The summed E-state index contributed by atoms with van der Waals surface area (Å²) in [5.41, 5.74) is 0.406. The summed E-state index contributed by atoms with van der Waals surface area (Å²) in [7, 11) is 1.97. The van der Waals surface area contributed by atoms with Gasteiger partial charge in [-0.05, 0) is 51.6 Å². The van der Waals surface area contributed by atoms with Gasteiger partial charge < -0.3 is 15.0 Å². The molecule has 5 rings (SSSR count). The molecule has 5 heteroatoms. The van der Waals surface area contributed by atoms with Crippen LogP contribution in [-0.2, 0) is 4.74 Å². The first-order chi connectivity index (χ1) is 12.8. The van der Waals surface area contributed by atoms with Crippen LogP contribution in [0.1, 0.15) is 57.8 Å². The minimum atomic E-state index is 0.406. The van der Waals surface area contributed by atoms with Crippen LogP contribution in [0.15, 0.2) is 4.99 Å². The Balaban J connectivity index is 1.24. The molecule has 3 heterocycles. The number of guanidine groups is 1. The Labute approximate surface area is 158 Å². The Bertz CT molecular complexity index is 538. The van der Waals surface area contributed by atoms with Crippen LogP contribution in [0.3, 0.4) is 0 Å². The van der Waals surface area contributed by atoms with Gasteiger partial charge in [-0.1, -0.05) is 19.3 Å². The van der Waals surface area contributed by atoms with E-state index in [1.54, 1.807) is 0 Å². The summed E-state index contributed by atoms with van der Waals surface area (Å²) in [4.78, 5) is 9.98. The van der Waals surface area contributed by atoms with Crippen molar-refractivity contribution in [3.8, 4) is 0 Å². The zero-order chi connectivity index (χ0) is 17.6. The molecule has 146 valence electrons. The van der Waals surface area contributed by atoms with E-state index in [9.17, 15) is 0 Å². The molecule has 0 aromatic rings. The van der Waals surface area contributed by atoms with E-state index in [1.165, 1.54) is 70.9 Å². The second-order valence-electron chi connectivity index (χ2n) is 9.34. The summed E-state index contributed by atoms with van der Waals surface area (Å²) in [5, 5.41) is 3.95. The van der Waals surface area contributed by atoms with Gasteiger partial charge in [-0.25, -0.2) is 0 Å². The Morgan fingerprint density at radius 2 is 1.85 bits per heavy atom. The molecule has 3 saturated heterocycles. The normalized spacial score (nSPS) is 40.0. The average Bonchev–Trinajstić information content (AvgIpc) is 3.43. The number of ether oxygens (including phenoxy) is 1. The van der Waals surface area contributed by atoms with E-state index in [4.69, 9.17) is 9.73 Å². The fraction of sp³-hybridized carbons (Fsp3) is 0.952. The van der Waals surface area contributed by atoms with E-state index in [0.717, 1.165) is 31.7 Å². The topological polar surface area (TPSA) is 40.1 Å². The molecular weight excluding hydrogens is 324 g/mol. The van der Waals surface area contributed by atoms with Gasteiger partial charge in [0, 0.05) is 50.2 Å². The van der Waals surface area contributed by atoms with Crippen LogP contribution >= 0.6 is 0 Å². The summed E-state index contributed by atoms with van der Waals surface area (Å²) in [6.45, 7) is 5.89. The summed E-state index contributed by atoms with van der Waals surface area (Å²) in [6, 6.07) is 1.32. The molecule has 0 bridgehead atoms. The number of aliphatic imine (C=N–C) groups is 1. The fourth-order valence-electron chi connectivity index (χ4n) is 6.86. The molecule has 2 aliphatic carbocycles. The smallest absolute Gasteiger partial charge is 0.193 e. The maximum absolute atomic E-state index is 6.16. The van der Waals surface area contributed by atoms with Crippen molar-refractivity contribution in [3.05, 3.63) is 0 Å². The first kappa shape index (κ1) is 17.3. The maximum Gasteiger partial charge on any atom is 0.193 e. The lowest BCUT2D eigenvalue weighted by Gasteiger charge is -2.57. The van der Waals surface area contributed by atoms with E-state index in [2.05, 4.69) is 15.1 Å². The van der Waals surface area contributed by atoms with Gasteiger partial charge in [-0.15, -0.1) is 0 Å². The van der Waals surface area contributed by atoms with Crippen molar-refractivity contribution in [2.24, 2.45) is 16.3 Å². The van der Waals surface area contributed by atoms with E-state index in [0.29, 0.717) is 23.5 Å². The third-order valence-electron chi connectivity index (χ3n) is 8.15. The number of likely N-dealkylation sites (tertiary alicyclic amines) is 2. The minimum Gasteiger partial charge on any atom is -0.377 e. The summed E-state index contributed by atoms with van der Waals surface area (Å²) in [6.07, 6.45) is 12.7. The molecule has 0 aromatic heterocycles. The fourth-order valence-corrected chi connectivity index (χ4v) is 6.86. The van der Waals surface area contributed by atoms with Crippen molar-refractivity contribution in [2.45, 2.75) is 76.0 Å². The van der Waals surface area contributed by atoms with Crippen LogP contribution < -0.4 is 5.32 Å². The van der Waals surface area contributed by atoms with Gasteiger partial charge in [0.05, 0.1) is 6.10 Å². The highest BCUT2D eigenvalue weighted by molar-refractivity contribution is 5.81. The highest BCUT2D eigenvalue weighted by atomic mass is 16.5. The van der Waals surface area contributed by atoms with Gasteiger partial charge in [0.15, 0.2) is 5.96 Å². The highest BCUT2D eigenvalue weighted by Gasteiger charge is 2.65. The molecular formula is C21H36N4O. The molecule has 0 amide bonds. The molecule has 5 fully saturated rings. The predicted octanol–water partition coefficient (Wildman–Crippen LogP) is 2.47. The second-order valence-corrected chi connectivity index (χ2v) is 9.34. The molecule has 5 aliphatic rings. The lowest BCUT2D eigenvalue weighted by Crippen LogP contribution is -2.69. The van der Waals surface area contributed by atoms with Gasteiger partial charge in [0.25, 0.3) is 0 Å². The summed E-state index contributed by atoms with van der Waals surface area (Å²) in [5.74, 6) is 1.87. The van der Waals surface area contributed by atoms with Crippen molar-refractivity contribution in [1.29, 1.82) is 0 Å². The molecule has 3 aliphatic heterocycles. The molecule has 1 spiro atoms. The minimum absolute atomic E-state index is 0.406. The number of fused-ring (bicyclic) bond motifs is 2. The van der Waals surface area contributed by atoms with Crippen LogP contribution in [0.4, 0.5) is 0 Å². The molecule has 2 saturated carbocycles. The Hall–Kier alpha value is -0.810. The predicted molar refractivity (Wildman–Crippen MR) is 104 cm³/mol. The van der Waals surface area contributed by atoms with E-state index < -0.39 is 0 Å². The van der Waals surface area contributed by atoms with Crippen molar-refractivity contribution >= 4 is 5.96 Å².